The van der Waals surface area contributed by atoms with Crippen LogP contribution < -0.4 is 10.2 Å². The number of anilines is 1. The van der Waals surface area contributed by atoms with E-state index in [4.69, 9.17) is 4.74 Å². The van der Waals surface area contributed by atoms with Gasteiger partial charge in [-0.15, -0.1) is 6.58 Å². The molecule has 0 aliphatic carbocycles. The lowest BCUT2D eigenvalue weighted by molar-refractivity contribution is -0.129. The Morgan fingerprint density at radius 3 is 2.60 bits per heavy atom. The quantitative estimate of drug-likeness (QED) is 0.284. The van der Waals surface area contributed by atoms with E-state index in [9.17, 15) is 9.59 Å². The number of hydrogen-bond acceptors (Lipinski definition) is 4. The summed E-state index contributed by atoms with van der Waals surface area (Å²) in [6, 6.07) is 6.03. The molecule has 1 N–H and O–H groups in total. The largest absolute Gasteiger partial charge is 0.358 e. The normalized spacial score (nSPS) is 17.4. The molecule has 1 aliphatic heterocycles. The topological polar surface area (TPSA) is 58.6 Å². The summed E-state index contributed by atoms with van der Waals surface area (Å²) in [6.45, 7) is 14.1. The van der Waals surface area contributed by atoms with Crippen molar-refractivity contribution in [3.63, 3.8) is 0 Å². The lowest BCUT2D eigenvalue weighted by Gasteiger charge is -2.34. The van der Waals surface area contributed by atoms with Gasteiger partial charge < -0.3 is 15.0 Å². The average Bonchev–Trinajstić information content (AvgIpc) is 2.73. The molecule has 30 heavy (non-hydrogen) atoms. The van der Waals surface area contributed by atoms with Crippen LogP contribution in [-0.2, 0) is 9.53 Å². The van der Waals surface area contributed by atoms with Crippen LogP contribution in [0.4, 0.5) is 5.69 Å². The van der Waals surface area contributed by atoms with E-state index in [2.05, 4.69) is 37.9 Å². The van der Waals surface area contributed by atoms with Gasteiger partial charge >= 0.3 is 0 Å². The van der Waals surface area contributed by atoms with Gasteiger partial charge in [0.15, 0.2) is 6.10 Å². The van der Waals surface area contributed by atoms with Gasteiger partial charge in [-0.3, -0.25) is 9.59 Å². The minimum absolute atomic E-state index is 0.186. The third kappa shape index (κ3) is 6.02. The summed E-state index contributed by atoms with van der Waals surface area (Å²) in [6.07, 6.45) is 5.69. The van der Waals surface area contributed by atoms with Crippen LogP contribution >= 0.6 is 0 Å². The molecule has 0 spiro atoms. The second kappa shape index (κ2) is 12.0. The number of carbonyl (C=O) groups excluding carboxylic acids is 2. The molecule has 0 fully saturated rings. The van der Waals surface area contributed by atoms with Gasteiger partial charge in [0.05, 0.1) is 11.8 Å². The van der Waals surface area contributed by atoms with E-state index in [1.54, 1.807) is 4.90 Å². The fourth-order valence-electron chi connectivity index (χ4n) is 3.99. The molecule has 0 aromatic heterocycles. The lowest BCUT2D eigenvalue weighted by atomic mass is 9.87. The molecule has 0 bridgehead atoms. The fourth-order valence-corrected chi connectivity index (χ4v) is 3.99. The number of nitrogens with zero attached hydrogens (tertiary/aromatic N) is 1. The third-order valence-corrected chi connectivity index (χ3v) is 5.52. The number of rotatable bonds is 13. The number of ketones is 1. The number of amides is 1. The SMILES string of the molecule is C=CCNCCC(CCC)c1ccc2c(c1)N(CCCC)C(=O)C(OC(C)C)C2=O. The van der Waals surface area contributed by atoms with Gasteiger partial charge in [0, 0.05) is 18.7 Å². The summed E-state index contributed by atoms with van der Waals surface area (Å²) in [5.41, 5.74) is 2.54. The highest BCUT2D eigenvalue weighted by Crippen LogP contribution is 2.35. The Balaban J connectivity index is 2.37. The summed E-state index contributed by atoms with van der Waals surface area (Å²) in [4.78, 5) is 28.0. The van der Waals surface area contributed by atoms with Crippen LogP contribution in [0.2, 0.25) is 0 Å². The Labute approximate surface area is 181 Å². The summed E-state index contributed by atoms with van der Waals surface area (Å²) in [7, 11) is 0. The smallest absolute Gasteiger partial charge is 0.264 e. The van der Waals surface area contributed by atoms with Crippen LogP contribution in [0.25, 0.3) is 0 Å². The highest BCUT2D eigenvalue weighted by atomic mass is 16.5. The van der Waals surface area contributed by atoms with Crippen LogP contribution in [0.5, 0.6) is 0 Å². The van der Waals surface area contributed by atoms with Crippen molar-refractivity contribution in [1.29, 1.82) is 0 Å². The van der Waals surface area contributed by atoms with Gasteiger partial charge in [-0.1, -0.05) is 38.8 Å². The van der Waals surface area contributed by atoms with E-state index in [1.807, 2.05) is 26.0 Å². The Morgan fingerprint density at radius 1 is 1.20 bits per heavy atom. The molecule has 1 amide bonds. The fraction of sp³-hybridized carbons (Fsp3) is 0.600. The first-order valence-electron chi connectivity index (χ1n) is 11.4. The second-order valence-electron chi connectivity index (χ2n) is 8.32. The number of unbranched alkanes of at least 4 members (excludes halogenated alkanes) is 1. The molecule has 5 nitrogen and oxygen atoms in total. The zero-order chi connectivity index (χ0) is 22.1. The maximum atomic E-state index is 13.2. The van der Waals surface area contributed by atoms with Crippen LogP contribution in [-0.4, -0.2) is 43.5 Å². The van der Waals surface area contributed by atoms with E-state index in [0.717, 1.165) is 50.9 Å². The summed E-state index contributed by atoms with van der Waals surface area (Å²) in [5, 5.41) is 3.38. The first-order valence-corrected chi connectivity index (χ1v) is 11.4. The highest BCUT2D eigenvalue weighted by molar-refractivity contribution is 6.24. The van der Waals surface area contributed by atoms with Crippen molar-refractivity contribution in [2.45, 2.75) is 77.9 Å². The highest BCUT2D eigenvalue weighted by Gasteiger charge is 2.40. The predicted octanol–water partition coefficient (Wildman–Crippen LogP) is 4.86. The third-order valence-electron chi connectivity index (χ3n) is 5.52. The lowest BCUT2D eigenvalue weighted by Crippen LogP contribution is -2.50. The zero-order valence-electron chi connectivity index (χ0n) is 19.1. The molecular weight excluding hydrogens is 376 g/mol. The molecule has 0 saturated heterocycles. The standard InChI is InChI=1S/C25H38N2O3/c1-6-9-16-27-22-17-20(19(10-7-2)13-15-26-14-8-3)11-12-21(22)23(28)24(25(27)29)30-18(4)5/h8,11-12,17-19,24,26H,3,6-7,9-10,13-16H2,1-2,4-5H3. The van der Waals surface area contributed by atoms with Crippen molar-refractivity contribution in [3.05, 3.63) is 42.0 Å². The first kappa shape index (κ1) is 24.3. The molecule has 5 heteroatoms. The number of fused-ring (bicyclic) bond motifs is 1. The molecule has 1 aromatic carbocycles. The van der Waals surface area contributed by atoms with Crippen molar-refractivity contribution in [3.8, 4) is 0 Å². The van der Waals surface area contributed by atoms with E-state index >= 15 is 0 Å². The van der Waals surface area contributed by atoms with E-state index in [1.165, 1.54) is 5.56 Å². The Kier molecular flexibility index (Phi) is 9.73. The number of Topliss-reactive ketones (excluding diaryl/α,β-unsaturated/α-hetero) is 1. The molecule has 1 aromatic rings. The van der Waals surface area contributed by atoms with Crippen LogP contribution in [0, 0.1) is 0 Å². The Morgan fingerprint density at radius 2 is 1.97 bits per heavy atom. The van der Waals surface area contributed by atoms with Crippen LogP contribution in [0.3, 0.4) is 0 Å². The van der Waals surface area contributed by atoms with E-state index < -0.39 is 6.10 Å². The maximum Gasteiger partial charge on any atom is 0.264 e. The predicted molar refractivity (Wildman–Crippen MR) is 123 cm³/mol. The number of benzene rings is 1. The van der Waals surface area contributed by atoms with Crippen molar-refractivity contribution in [1.82, 2.24) is 5.32 Å². The van der Waals surface area contributed by atoms with Gasteiger partial charge in [0.1, 0.15) is 0 Å². The number of hydrogen-bond donors (Lipinski definition) is 1. The number of ether oxygens (including phenoxy) is 1. The van der Waals surface area contributed by atoms with Crippen LogP contribution in [0.1, 0.15) is 81.6 Å². The van der Waals surface area contributed by atoms with Crippen molar-refractivity contribution in [2.24, 2.45) is 0 Å². The minimum atomic E-state index is -1.03. The molecular formula is C25H38N2O3. The van der Waals surface area contributed by atoms with Gasteiger partial charge in [0.25, 0.3) is 5.91 Å². The average molecular weight is 415 g/mol. The monoisotopic (exact) mass is 414 g/mol. The number of nitrogens with one attached hydrogen (secondary N) is 1. The molecule has 0 saturated carbocycles. The molecule has 1 aliphatic rings. The summed E-state index contributed by atoms with van der Waals surface area (Å²) < 4.78 is 5.72. The maximum absolute atomic E-state index is 13.2. The van der Waals surface area contributed by atoms with Crippen molar-refractivity contribution in [2.75, 3.05) is 24.5 Å². The minimum Gasteiger partial charge on any atom is -0.358 e. The van der Waals surface area contributed by atoms with Gasteiger partial charge in [-0.2, -0.15) is 0 Å². The summed E-state index contributed by atoms with van der Waals surface area (Å²) in [5.74, 6) is -0.0605. The first-order chi connectivity index (χ1) is 14.4. The number of carbonyl (C=O) groups is 2. The molecule has 2 rings (SSSR count). The molecule has 2 atom stereocenters. The molecule has 1 heterocycles. The Hall–Kier alpha value is -1.98. The van der Waals surface area contributed by atoms with Gasteiger partial charge in [-0.05, 0) is 63.3 Å². The second-order valence-corrected chi connectivity index (χ2v) is 8.32. The zero-order valence-corrected chi connectivity index (χ0v) is 19.1. The van der Waals surface area contributed by atoms with E-state index in [0.29, 0.717) is 18.0 Å². The molecule has 2 unspecified atom stereocenters. The van der Waals surface area contributed by atoms with Gasteiger partial charge in [-0.25, -0.2) is 0 Å². The van der Waals surface area contributed by atoms with Crippen LogP contribution in [0.15, 0.2) is 30.9 Å². The van der Waals surface area contributed by atoms with Crippen molar-refractivity contribution < 1.29 is 14.3 Å². The Bertz CT molecular complexity index is 729. The molecule has 166 valence electrons. The van der Waals surface area contributed by atoms with E-state index in [-0.39, 0.29) is 17.8 Å². The molecule has 0 radical (unpaired) electrons. The summed E-state index contributed by atoms with van der Waals surface area (Å²) >= 11 is 0. The van der Waals surface area contributed by atoms with Gasteiger partial charge in [0.2, 0.25) is 5.78 Å². The van der Waals surface area contributed by atoms with Crippen molar-refractivity contribution >= 4 is 17.4 Å².